The van der Waals surface area contributed by atoms with Crippen molar-refractivity contribution < 1.29 is 17.6 Å². The van der Waals surface area contributed by atoms with Crippen LogP contribution in [0, 0.1) is 11.7 Å². The fourth-order valence-corrected chi connectivity index (χ4v) is 5.76. The van der Waals surface area contributed by atoms with Crippen molar-refractivity contribution >= 4 is 44.0 Å². The maximum atomic E-state index is 13.4. The number of carbonyl (C=O) groups excluding carboxylic acids is 1. The molecule has 31 heavy (non-hydrogen) atoms. The molecule has 4 rings (SSSR count). The molecule has 0 saturated carbocycles. The largest absolute Gasteiger partial charge is 0.302 e. The Kier molecular flexibility index (Phi) is 6.33. The molecule has 0 radical (unpaired) electrons. The van der Waals surface area contributed by atoms with E-state index in [0.717, 1.165) is 17.8 Å². The Morgan fingerprint density at radius 1 is 1.19 bits per heavy atom. The van der Waals surface area contributed by atoms with Crippen LogP contribution in [0.2, 0.25) is 5.02 Å². The van der Waals surface area contributed by atoms with Crippen LogP contribution >= 0.6 is 22.9 Å². The minimum absolute atomic E-state index is 0.0633. The number of halogens is 2. The third-order valence-electron chi connectivity index (χ3n) is 5.02. The summed E-state index contributed by atoms with van der Waals surface area (Å²) in [7, 11) is -3.80. The summed E-state index contributed by atoms with van der Waals surface area (Å²) in [5.74, 6) is -1.20. The van der Waals surface area contributed by atoms with Crippen LogP contribution in [-0.2, 0) is 14.8 Å². The lowest BCUT2D eigenvalue weighted by Gasteiger charge is -2.30. The predicted octanol–water partition coefficient (Wildman–Crippen LogP) is 4.04. The molecule has 3 aromatic rings. The lowest BCUT2D eigenvalue weighted by Crippen LogP contribution is -2.41. The molecule has 7 nitrogen and oxygen atoms in total. The van der Waals surface area contributed by atoms with Gasteiger partial charge in [0.05, 0.1) is 15.6 Å². The van der Waals surface area contributed by atoms with E-state index in [1.165, 1.54) is 21.7 Å². The Morgan fingerprint density at radius 2 is 1.97 bits per heavy atom. The molecule has 1 N–H and O–H groups in total. The topological polar surface area (TPSA) is 92.3 Å². The van der Waals surface area contributed by atoms with Crippen molar-refractivity contribution in [3.8, 4) is 11.4 Å². The van der Waals surface area contributed by atoms with E-state index in [-0.39, 0.29) is 34.8 Å². The van der Waals surface area contributed by atoms with Gasteiger partial charge in [0.15, 0.2) is 5.13 Å². The predicted molar refractivity (Wildman–Crippen MR) is 117 cm³/mol. The maximum absolute atomic E-state index is 13.4. The number of thiazole rings is 1. The number of hydrogen-bond donors (Lipinski definition) is 1. The summed E-state index contributed by atoms with van der Waals surface area (Å²) in [4.78, 5) is 21.2. The lowest BCUT2D eigenvalue weighted by molar-refractivity contribution is -0.120. The van der Waals surface area contributed by atoms with Crippen LogP contribution in [0.15, 0.2) is 52.9 Å². The number of piperidine rings is 1. The Hall–Kier alpha value is -2.40. The molecule has 0 bridgehead atoms. The van der Waals surface area contributed by atoms with Gasteiger partial charge in [-0.2, -0.15) is 4.31 Å². The normalized spacial score (nSPS) is 15.7. The first-order valence-electron chi connectivity index (χ1n) is 9.47. The summed E-state index contributed by atoms with van der Waals surface area (Å²) in [6, 6.07) is 8.84. The molecule has 11 heteroatoms. The molecular formula is C20H18ClFN4O3S2. The van der Waals surface area contributed by atoms with Crippen molar-refractivity contribution in [1.82, 2.24) is 14.3 Å². The minimum atomic E-state index is -3.80. The summed E-state index contributed by atoms with van der Waals surface area (Å²) in [5.41, 5.74) is 1.40. The number of nitrogens with one attached hydrogen (secondary N) is 1. The fourth-order valence-electron chi connectivity index (χ4n) is 3.32. The van der Waals surface area contributed by atoms with Gasteiger partial charge in [-0.25, -0.2) is 17.8 Å². The maximum Gasteiger partial charge on any atom is 0.243 e. The van der Waals surface area contributed by atoms with Gasteiger partial charge in [0.1, 0.15) is 11.5 Å². The van der Waals surface area contributed by atoms with Crippen molar-refractivity contribution in [2.24, 2.45) is 5.92 Å². The van der Waals surface area contributed by atoms with Gasteiger partial charge in [-0.15, -0.1) is 11.3 Å². The van der Waals surface area contributed by atoms with Crippen LogP contribution in [0.5, 0.6) is 0 Å². The van der Waals surface area contributed by atoms with Gasteiger partial charge in [0.25, 0.3) is 0 Å². The van der Waals surface area contributed by atoms with Crippen molar-refractivity contribution in [2.75, 3.05) is 18.4 Å². The third kappa shape index (κ3) is 4.77. The molecule has 1 amide bonds. The van der Waals surface area contributed by atoms with Crippen LogP contribution in [-0.4, -0.2) is 41.7 Å². The molecule has 1 saturated heterocycles. The van der Waals surface area contributed by atoms with Gasteiger partial charge in [-0.05, 0) is 43.2 Å². The number of amides is 1. The fraction of sp³-hybridized carbons (Fsp3) is 0.250. The molecule has 1 aliphatic rings. The average Bonchev–Trinajstić information content (AvgIpc) is 3.24. The molecule has 1 aliphatic heterocycles. The smallest absolute Gasteiger partial charge is 0.243 e. The van der Waals surface area contributed by atoms with Gasteiger partial charge < -0.3 is 5.32 Å². The van der Waals surface area contributed by atoms with E-state index in [2.05, 4.69) is 15.3 Å². The number of nitrogens with zero attached hydrogens (tertiary/aromatic N) is 3. The molecule has 0 aliphatic carbocycles. The zero-order valence-electron chi connectivity index (χ0n) is 16.2. The van der Waals surface area contributed by atoms with E-state index in [1.54, 1.807) is 6.20 Å². The van der Waals surface area contributed by atoms with Crippen molar-refractivity contribution in [1.29, 1.82) is 0 Å². The van der Waals surface area contributed by atoms with Gasteiger partial charge in [0, 0.05) is 30.6 Å². The third-order valence-corrected chi connectivity index (χ3v) is 7.96. The second-order valence-corrected chi connectivity index (χ2v) is 10.2. The minimum Gasteiger partial charge on any atom is -0.302 e. The van der Waals surface area contributed by atoms with Gasteiger partial charge >= 0.3 is 0 Å². The van der Waals surface area contributed by atoms with E-state index >= 15 is 0 Å². The molecule has 162 valence electrons. The molecule has 0 atom stereocenters. The Morgan fingerprint density at radius 3 is 2.65 bits per heavy atom. The number of rotatable bonds is 5. The van der Waals surface area contributed by atoms with E-state index < -0.39 is 15.8 Å². The number of aromatic nitrogens is 2. The summed E-state index contributed by atoms with van der Waals surface area (Å²) in [5, 5.41) is 4.86. The second-order valence-electron chi connectivity index (χ2n) is 7.00. The number of anilines is 1. The van der Waals surface area contributed by atoms with Gasteiger partial charge in [0.2, 0.25) is 15.9 Å². The molecule has 0 unspecified atom stereocenters. The molecule has 1 fully saturated rings. The first-order valence-corrected chi connectivity index (χ1v) is 12.2. The van der Waals surface area contributed by atoms with Gasteiger partial charge in [-0.3, -0.25) is 9.78 Å². The SMILES string of the molecule is O=C(Nc1nc(-c2ccccn2)cs1)C1CCN(S(=O)(=O)c2ccc(F)c(Cl)c2)CC1. The zero-order valence-corrected chi connectivity index (χ0v) is 18.6. The summed E-state index contributed by atoms with van der Waals surface area (Å²) < 4.78 is 40.2. The van der Waals surface area contributed by atoms with Crippen LogP contribution in [0.4, 0.5) is 9.52 Å². The molecule has 2 aromatic heterocycles. The number of pyridine rings is 1. The van der Waals surface area contributed by atoms with Crippen LogP contribution < -0.4 is 5.32 Å². The number of benzene rings is 1. The number of sulfonamides is 1. The highest BCUT2D eigenvalue weighted by molar-refractivity contribution is 7.89. The monoisotopic (exact) mass is 480 g/mol. The molecule has 1 aromatic carbocycles. The molecule has 0 spiro atoms. The summed E-state index contributed by atoms with van der Waals surface area (Å²) in [6.07, 6.45) is 2.42. The standard InChI is InChI=1S/C20H18ClFN4O3S2/c21-15-11-14(4-5-16(15)22)31(28,29)26-9-6-13(7-10-26)19(27)25-20-24-18(12-30-20)17-3-1-2-8-23-17/h1-5,8,11-13H,6-7,9-10H2,(H,24,25,27). The second kappa shape index (κ2) is 8.99. The summed E-state index contributed by atoms with van der Waals surface area (Å²) >= 11 is 7.03. The molecular weight excluding hydrogens is 463 g/mol. The van der Waals surface area contributed by atoms with E-state index in [4.69, 9.17) is 11.6 Å². The van der Waals surface area contributed by atoms with Crippen LogP contribution in [0.25, 0.3) is 11.4 Å². The first kappa shape index (κ1) is 21.8. The molecule has 3 heterocycles. The van der Waals surface area contributed by atoms with Crippen molar-refractivity contribution in [2.45, 2.75) is 17.7 Å². The Labute approximate surface area is 188 Å². The van der Waals surface area contributed by atoms with Crippen molar-refractivity contribution in [3.05, 3.63) is 58.8 Å². The van der Waals surface area contributed by atoms with E-state index in [0.29, 0.717) is 23.7 Å². The number of carbonyl (C=O) groups is 1. The quantitative estimate of drug-likeness (QED) is 0.595. The zero-order chi connectivity index (χ0) is 22.0. The highest BCUT2D eigenvalue weighted by atomic mass is 35.5. The average molecular weight is 481 g/mol. The Balaban J connectivity index is 1.37. The van der Waals surface area contributed by atoms with E-state index in [9.17, 15) is 17.6 Å². The Bertz CT molecular complexity index is 1200. The van der Waals surface area contributed by atoms with Gasteiger partial charge in [-0.1, -0.05) is 17.7 Å². The first-order chi connectivity index (χ1) is 14.8. The highest BCUT2D eigenvalue weighted by Gasteiger charge is 2.32. The number of hydrogen-bond acceptors (Lipinski definition) is 6. The van der Waals surface area contributed by atoms with E-state index in [1.807, 2.05) is 23.6 Å². The highest BCUT2D eigenvalue weighted by Crippen LogP contribution is 2.28. The lowest BCUT2D eigenvalue weighted by atomic mass is 9.97. The van der Waals surface area contributed by atoms with Crippen LogP contribution in [0.3, 0.4) is 0 Å². The summed E-state index contributed by atoms with van der Waals surface area (Å²) in [6.45, 7) is 0.374. The van der Waals surface area contributed by atoms with Crippen LogP contribution in [0.1, 0.15) is 12.8 Å². The van der Waals surface area contributed by atoms with Crippen molar-refractivity contribution in [3.63, 3.8) is 0 Å².